The molecule has 0 nitrogen and oxygen atoms in total. The molecule has 2 fully saturated rings. The van der Waals surface area contributed by atoms with E-state index in [0.717, 1.165) is 30.2 Å². The van der Waals surface area contributed by atoms with Crippen LogP contribution in [0.15, 0.2) is 18.2 Å². The van der Waals surface area contributed by atoms with Crippen molar-refractivity contribution in [1.29, 1.82) is 0 Å². The zero-order valence-electron chi connectivity index (χ0n) is 19.5. The van der Waals surface area contributed by atoms with E-state index in [1.165, 1.54) is 82.8 Å². The van der Waals surface area contributed by atoms with Crippen LogP contribution < -0.4 is 0 Å². The number of halogens is 2. The Bertz CT molecular complexity index is 628. The SMILES string of the molecule is CCCCC[C@H]1CC[Si@](C)(CCCC[C@H]2CC[C@H](c3ccc(F)c(F)c3)CC2)CC1. The Kier molecular flexibility index (Phi) is 9.41. The largest absolute Gasteiger partial charge is 0.204 e. The molecule has 1 saturated heterocycles. The number of benzene rings is 1. The highest BCUT2D eigenvalue weighted by Crippen LogP contribution is 2.40. The summed E-state index contributed by atoms with van der Waals surface area (Å²) in [5, 5.41) is 0. The van der Waals surface area contributed by atoms with Crippen molar-refractivity contribution in [2.75, 3.05) is 0 Å². The first kappa shape index (κ1) is 23.9. The van der Waals surface area contributed by atoms with Gasteiger partial charge in [0.25, 0.3) is 0 Å². The molecule has 1 saturated carbocycles. The molecule has 3 rings (SSSR count). The number of unbranched alkanes of at least 4 members (excludes halogenated alkanes) is 3. The Hall–Kier alpha value is -0.703. The Balaban J connectivity index is 1.29. The molecule has 1 heterocycles. The Morgan fingerprint density at radius 2 is 1.43 bits per heavy atom. The fraction of sp³-hybridized carbons (Fsp3) is 0.778. The molecule has 2 aliphatic rings. The van der Waals surface area contributed by atoms with Crippen LogP contribution in [-0.2, 0) is 0 Å². The van der Waals surface area contributed by atoms with Gasteiger partial charge in [0.15, 0.2) is 11.6 Å². The normalized spacial score (nSPS) is 29.8. The van der Waals surface area contributed by atoms with Gasteiger partial charge in [0, 0.05) is 0 Å². The van der Waals surface area contributed by atoms with Gasteiger partial charge in [-0.15, -0.1) is 0 Å². The first-order valence-electron chi connectivity index (χ1n) is 12.9. The summed E-state index contributed by atoms with van der Waals surface area (Å²) in [6.45, 7) is 4.99. The van der Waals surface area contributed by atoms with E-state index in [0.29, 0.717) is 5.92 Å². The molecule has 1 aromatic rings. The second-order valence-electron chi connectivity index (χ2n) is 10.9. The Morgan fingerprint density at radius 3 is 2.07 bits per heavy atom. The Labute approximate surface area is 185 Å². The van der Waals surface area contributed by atoms with Gasteiger partial charge in [0.1, 0.15) is 0 Å². The predicted molar refractivity (Wildman–Crippen MR) is 128 cm³/mol. The summed E-state index contributed by atoms with van der Waals surface area (Å²) in [4.78, 5) is 0. The molecule has 3 heteroatoms. The maximum absolute atomic E-state index is 13.5. The summed E-state index contributed by atoms with van der Waals surface area (Å²) in [5.74, 6) is 0.907. The minimum Gasteiger partial charge on any atom is -0.204 e. The van der Waals surface area contributed by atoms with Crippen LogP contribution in [0.2, 0.25) is 24.7 Å². The monoisotopic (exact) mass is 434 g/mol. The number of hydrogen-bond donors (Lipinski definition) is 0. The summed E-state index contributed by atoms with van der Waals surface area (Å²) in [6.07, 6.45) is 17.8. The second-order valence-corrected chi connectivity index (χ2v) is 16.0. The van der Waals surface area contributed by atoms with Gasteiger partial charge in [0.2, 0.25) is 0 Å². The van der Waals surface area contributed by atoms with Crippen LogP contribution in [0.3, 0.4) is 0 Å². The standard InChI is InChI=1S/C27H44F2Si/c1-3-4-5-8-23-16-19-30(2,20-17-23)18-7-6-9-22-10-12-24(13-11-22)25-14-15-26(28)27(29)21-25/h14-15,21-24H,3-13,16-20H2,1-2H3/t22-,23-,24-,30-. The van der Waals surface area contributed by atoms with Gasteiger partial charge in [0.05, 0.1) is 8.07 Å². The van der Waals surface area contributed by atoms with Gasteiger partial charge >= 0.3 is 0 Å². The van der Waals surface area contributed by atoms with E-state index in [1.54, 1.807) is 24.2 Å². The first-order chi connectivity index (χ1) is 14.5. The molecule has 0 bridgehead atoms. The minimum atomic E-state index is -0.944. The lowest BCUT2D eigenvalue weighted by Crippen LogP contribution is -2.34. The van der Waals surface area contributed by atoms with Crippen molar-refractivity contribution >= 4 is 8.07 Å². The summed E-state index contributed by atoms with van der Waals surface area (Å²) in [7, 11) is -0.944. The average molecular weight is 435 g/mol. The van der Waals surface area contributed by atoms with Crippen molar-refractivity contribution in [3.05, 3.63) is 35.4 Å². The zero-order chi connectivity index (χ0) is 21.4. The highest BCUT2D eigenvalue weighted by molar-refractivity contribution is 6.78. The van der Waals surface area contributed by atoms with E-state index in [1.807, 2.05) is 0 Å². The molecule has 0 N–H and O–H groups in total. The molecule has 170 valence electrons. The lowest BCUT2D eigenvalue weighted by molar-refractivity contribution is 0.303. The van der Waals surface area contributed by atoms with Gasteiger partial charge in [-0.25, -0.2) is 8.78 Å². The first-order valence-corrected chi connectivity index (χ1v) is 16.1. The molecule has 0 amide bonds. The fourth-order valence-corrected chi connectivity index (χ4v) is 10.2. The summed E-state index contributed by atoms with van der Waals surface area (Å²) in [6, 6.07) is 9.22. The highest BCUT2D eigenvalue weighted by atomic mass is 28.3. The lowest BCUT2D eigenvalue weighted by Gasteiger charge is -2.36. The van der Waals surface area contributed by atoms with Gasteiger partial charge in [-0.3, -0.25) is 0 Å². The summed E-state index contributed by atoms with van der Waals surface area (Å²) < 4.78 is 26.7. The van der Waals surface area contributed by atoms with Gasteiger partial charge in [-0.1, -0.05) is 95.5 Å². The van der Waals surface area contributed by atoms with E-state index in [-0.39, 0.29) is 0 Å². The molecule has 0 atom stereocenters. The van der Waals surface area contributed by atoms with Gasteiger partial charge < -0.3 is 0 Å². The van der Waals surface area contributed by atoms with Crippen molar-refractivity contribution in [2.24, 2.45) is 11.8 Å². The summed E-state index contributed by atoms with van der Waals surface area (Å²) >= 11 is 0. The molecule has 0 radical (unpaired) electrons. The topological polar surface area (TPSA) is 0 Å². The molecular weight excluding hydrogens is 390 g/mol. The van der Waals surface area contributed by atoms with Crippen molar-refractivity contribution in [3.8, 4) is 0 Å². The van der Waals surface area contributed by atoms with Crippen LogP contribution in [0.4, 0.5) is 8.78 Å². The number of hydrogen-bond acceptors (Lipinski definition) is 0. The fourth-order valence-electron chi connectivity index (χ4n) is 6.13. The maximum atomic E-state index is 13.5. The highest BCUT2D eigenvalue weighted by Gasteiger charge is 2.32. The molecule has 0 unspecified atom stereocenters. The van der Waals surface area contributed by atoms with Crippen LogP contribution in [0.1, 0.15) is 102 Å². The third kappa shape index (κ3) is 7.17. The number of rotatable bonds is 10. The van der Waals surface area contributed by atoms with Crippen molar-refractivity contribution < 1.29 is 8.78 Å². The third-order valence-corrected chi connectivity index (χ3v) is 13.0. The predicted octanol–water partition coefficient (Wildman–Crippen LogP) is 9.48. The molecular formula is C27H44F2Si. The van der Waals surface area contributed by atoms with Gasteiger partial charge in [-0.2, -0.15) is 0 Å². The van der Waals surface area contributed by atoms with Crippen LogP contribution in [0.5, 0.6) is 0 Å². The molecule has 0 aromatic heterocycles. The lowest BCUT2D eigenvalue weighted by atomic mass is 9.77. The van der Waals surface area contributed by atoms with Gasteiger partial charge in [-0.05, 0) is 61.1 Å². The van der Waals surface area contributed by atoms with Crippen LogP contribution in [0.25, 0.3) is 0 Å². The van der Waals surface area contributed by atoms with Crippen LogP contribution >= 0.6 is 0 Å². The quantitative estimate of drug-likeness (QED) is 0.254. The molecule has 1 aromatic carbocycles. The second kappa shape index (κ2) is 11.8. The molecule has 1 aliphatic heterocycles. The molecule has 0 spiro atoms. The van der Waals surface area contributed by atoms with Crippen molar-refractivity contribution in [2.45, 2.75) is 121 Å². The van der Waals surface area contributed by atoms with E-state index in [4.69, 9.17) is 0 Å². The summed E-state index contributed by atoms with van der Waals surface area (Å²) in [5.41, 5.74) is 0.997. The van der Waals surface area contributed by atoms with Crippen molar-refractivity contribution in [1.82, 2.24) is 0 Å². The maximum Gasteiger partial charge on any atom is 0.159 e. The van der Waals surface area contributed by atoms with E-state index < -0.39 is 19.7 Å². The van der Waals surface area contributed by atoms with Crippen molar-refractivity contribution in [3.63, 3.8) is 0 Å². The smallest absolute Gasteiger partial charge is 0.159 e. The third-order valence-electron chi connectivity index (χ3n) is 8.43. The molecule has 30 heavy (non-hydrogen) atoms. The van der Waals surface area contributed by atoms with E-state index in [9.17, 15) is 8.78 Å². The average Bonchev–Trinajstić information content (AvgIpc) is 2.75. The minimum absolute atomic E-state index is 0.426. The zero-order valence-corrected chi connectivity index (χ0v) is 20.5. The van der Waals surface area contributed by atoms with E-state index >= 15 is 0 Å². The van der Waals surface area contributed by atoms with Crippen LogP contribution in [-0.4, -0.2) is 8.07 Å². The Morgan fingerprint density at radius 1 is 0.800 bits per heavy atom. The van der Waals surface area contributed by atoms with Crippen LogP contribution in [0, 0.1) is 23.5 Å². The van der Waals surface area contributed by atoms with E-state index in [2.05, 4.69) is 13.5 Å². The molecule has 1 aliphatic carbocycles.